The summed E-state index contributed by atoms with van der Waals surface area (Å²) in [5.41, 5.74) is 3.52. The molecular formula is C21H23BrN2O2. The highest BCUT2D eigenvalue weighted by Gasteiger charge is 2.52. The lowest BCUT2D eigenvalue weighted by Gasteiger charge is -2.24. The van der Waals surface area contributed by atoms with Crippen LogP contribution in [0.25, 0.3) is 0 Å². The average molecular weight is 415 g/mol. The van der Waals surface area contributed by atoms with Gasteiger partial charge < -0.3 is 10.2 Å². The Balaban J connectivity index is 1.66. The Morgan fingerprint density at radius 3 is 2.38 bits per heavy atom. The fraction of sp³-hybridized carbons (Fsp3) is 0.333. The van der Waals surface area contributed by atoms with Gasteiger partial charge in [-0.05, 0) is 61.6 Å². The van der Waals surface area contributed by atoms with Gasteiger partial charge in [-0.15, -0.1) is 0 Å². The van der Waals surface area contributed by atoms with Crippen LogP contribution in [-0.4, -0.2) is 30.3 Å². The molecule has 26 heavy (non-hydrogen) atoms. The summed E-state index contributed by atoms with van der Waals surface area (Å²) < 4.78 is 0.991. The van der Waals surface area contributed by atoms with Crippen LogP contribution in [0.5, 0.6) is 0 Å². The SMILES string of the molecule is Cc1cccc(NC(=O)CN(C)C(=O)C2(c3ccc(Br)cc3)CC2)c1C. The van der Waals surface area contributed by atoms with Gasteiger partial charge in [-0.3, -0.25) is 9.59 Å². The van der Waals surface area contributed by atoms with Crippen molar-refractivity contribution in [1.29, 1.82) is 0 Å². The summed E-state index contributed by atoms with van der Waals surface area (Å²) in [5.74, 6) is -0.169. The minimum Gasteiger partial charge on any atom is -0.336 e. The molecule has 0 aliphatic heterocycles. The first-order chi connectivity index (χ1) is 12.3. The number of rotatable bonds is 5. The van der Waals surface area contributed by atoms with Gasteiger partial charge in [0.25, 0.3) is 0 Å². The van der Waals surface area contributed by atoms with Crippen LogP contribution in [0.4, 0.5) is 5.69 Å². The quantitative estimate of drug-likeness (QED) is 0.796. The first-order valence-electron chi connectivity index (χ1n) is 8.71. The lowest BCUT2D eigenvalue weighted by Crippen LogP contribution is -2.41. The summed E-state index contributed by atoms with van der Waals surface area (Å²) in [6.07, 6.45) is 1.66. The number of nitrogens with zero attached hydrogens (tertiary/aromatic N) is 1. The summed E-state index contributed by atoms with van der Waals surface area (Å²) in [5, 5.41) is 2.92. The van der Waals surface area contributed by atoms with E-state index in [1.54, 1.807) is 7.05 Å². The van der Waals surface area contributed by atoms with Crippen molar-refractivity contribution in [2.75, 3.05) is 18.9 Å². The number of halogens is 1. The second kappa shape index (κ2) is 7.23. The van der Waals surface area contributed by atoms with E-state index in [2.05, 4.69) is 21.2 Å². The molecule has 0 spiro atoms. The Morgan fingerprint density at radius 2 is 1.77 bits per heavy atom. The van der Waals surface area contributed by atoms with Gasteiger partial charge in [0.15, 0.2) is 0 Å². The smallest absolute Gasteiger partial charge is 0.243 e. The number of carbonyl (C=O) groups is 2. The molecule has 0 saturated heterocycles. The number of likely N-dealkylation sites (N-methyl/N-ethyl adjacent to an activating group) is 1. The molecule has 0 heterocycles. The molecule has 1 N–H and O–H groups in total. The maximum absolute atomic E-state index is 13.0. The topological polar surface area (TPSA) is 49.4 Å². The molecule has 136 valence electrons. The molecule has 2 amide bonds. The van der Waals surface area contributed by atoms with E-state index in [9.17, 15) is 9.59 Å². The van der Waals surface area contributed by atoms with Crippen molar-refractivity contribution in [3.05, 3.63) is 63.6 Å². The third kappa shape index (κ3) is 3.68. The van der Waals surface area contributed by atoms with E-state index in [1.807, 2.05) is 56.3 Å². The molecule has 0 unspecified atom stereocenters. The Hall–Kier alpha value is -2.14. The van der Waals surface area contributed by atoms with E-state index in [4.69, 9.17) is 0 Å². The normalized spacial score (nSPS) is 14.6. The molecule has 1 aliphatic rings. The lowest BCUT2D eigenvalue weighted by molar-refractivity contribution is -0.135. The van der Waals surface area contributed by atoms with Crippen LogP contribution in [0.1, 0.15) is 29.5 Å². The first-order valence-corrected chi connectivity index (χ1v) is 9.50. The number of aryl methyl sites for hydroxylation is 1. The zero-order valence-electron chi connectivity index (χ0n) is 15.3. The van der Waals surface area contributed by atoms with E-state index < -0.39 is 5.41 Å². The fourth-order valence-electron chi connectivity index (χ4n) is 3.25. The maximum atomic E-state index is 13.0. The molecule has 1 fully saturated rings. The molecule has 0 radical (unpaired) electrons. The summed E-state index contributed by atoms with van der Waals surface area (Å²) in [4.78, 5) is 26.9. The molecule has 0 atom stereocenters. The van der Waals surface area contributed by atoms with Gasteiger partial charge in [-0.25, -0.2) is 0 Å². The number of amides is 2. The van der Waals surface area contributed by atoms with Gasteiger partial charge >= 0.3 is 0 Å². The summed E-state index contributed by atoms with van der Waals surface area (Å²) in [6.45, 7) is 4.03. The Kier molecular flexibility index (Phi) is 5.19. The number of nitrogens with one attached hydrogen (secondary N) is 1. The third-order valence-electron chi connectivity index (χ3n) is 5.16. The number of hydrogen-bond donors (Lipinski definition) is 1. The van der Waals surface area contributed by atoms with Crippen LogP contribution in [0.2, 0.25) is 0 Å². The van der Waals surface area contributed by atoms with Crippen molar-refractivity contribution in [3.63, 3.8) is 0 Å². The molecule has 4 nitrogen and oxygen atoms in total. The van der Waals surface area contributed by atoms with Gasteiger partial charge in [-0.2, -0.15) is 0 Å². The van der Waals surface area contributed by atoms with Crippen LogP contribution < -0.4 is 5.32 Å². The van der Waals surface area contributed by atoms with Crippen molar-refractivity contribution in [3.8, 4) is 0 Å². The number of benzene rings is 2. The third-order valence-corrected chi connectivity index (χ3v) is 5.69. The maximum Gasteiger partial charge on any atom is 0.243 e. The van der Waals surface area contributed by atoms with E-state index >= 15 is 0 Å². The summed E-state index contributed by atoms with van der Waals surface area (Å²) in [7, 11) is 1.70. The molecule has 5 heteroatoms. The highest BCUT2D eigenvalue weighted by atomic mass is 79.9. The second-order valence-corrected chi connectivity index (χ2v) is 7.96. The molecule has 0 bridgehead atoms. The van der Waals surface area contributed by atoms with E-state index in [1.165, 1.54) is 4.90 Å². The van der Waals surface area contributed by atoms with Crippen molar-refractivity contribution in [1.82, 2.24) is 4.90 Å². The largest absolute Gasteiger partial charge is 0.336 e. The van der Waals surface area contributed by atoms with Crippen LogP contribution in [-0.2, 0) is 15.0 Å². The number of anilines is 1. The first kappa shape index (κ1) is 18.6. The predicted octanol–water partition coefficient (Wildman–Crippen LogP) is 4.19. The Morgan fingerprint density at radius 1 is 1.12 bits per heavy atom. The number of carbonyl (C=O) groups excluding carboxylic acids is 2. The van der Waals surface area contributed by atoms with Gasteiger partial charge in [0.1, 0.15) is 0 Å². The highest BCUT2D eigenvalue weighted by Crippen LogP contribution is 2.49. The molecule has 2 aromatic rings. The molecule has 0 aromatic heterocycles. The van der Waals surface area contributed by atoms with E-state index in [0.29, 0.717) is 0 Å². The van der Waals surface area contributed by atoms with Gasteiger partial charge in [0.05, 0.1) is 12.0 Å². The van der Waals surface area contributed by atoms with Gasteiger partial charge in [0.2, 0.25) is 11.8 Å². The minimum absolute atomic E-state index is 0.0101. The standard InChI is InChI=1S/C21H23BrN2O2/c1-14-5-4-6-18(15(14)2)23-19(25)13-24(3)20(26)21(11-12-21)16-7-9-17(22)10-8-16/h4-10H,11-13H2,1-3H3,(H,23,25). The van der Waals surface area contributed by atoms with Crippen molar-refractivity contribution >= 4 is 33.4 Å². The van der Waals surface area contributed by atoms with Crippen LogP contribution >= 0.6 is 15.9 Å². The fourth-order valence-corrected chi connectivity index (χ4v) is 3.51. The van der Waals surface area contributed by atoms with Crippen molar-refractivity contribution in [2.24, 2.45) is 0 Å². The lowest BCUT2D eigenvalue weighted by atomic mass is 9.94. The van der Waals surface area contributed by atoms with Crippen LogP contribution in [0.15, 0.2) is 46.9 Å². The van der Waals surface area contributed by atoms with Crippen LogP contribution in [0, 0.1) is 13.8 Å². The summed E-state index contributed by atoms with van der Waals surface area (Å²) >= 11 is 3.43. The predicted molar refractivity (Wildman–Crippen MR) is 107 cm³/mol. The van der Waals surface area contributed by atoms with Gasteiger partial charge in [-0.1, -0.05) is 40.2 Å². The molecule has 3 rings (SSSR count). The Labute approximate surface area is 162 Å². The highest BCUT2D eigenvalue weighted by molar-refractivity contribution is 9.10. The summed E-state index contributed by atoms with van der Waals surface area (Å²) in [6, 6.07) is 13.7. The molecular weight excluding hydrogens is 392 g/mol. The molecule has 1 saturated carbocycles. The van der Waals surface area contributed by atoms with Crippen LogP contribution in [0.3, 0.4) is 0 Å². The average Bonchev–Trinajstić information content (AvgIpc) is 3.40. The van der Waals surface area contributed by atoms with Crippen molar-refractivity contribution < 1.29 is 9.59 Å². The van der Waals surface area contributed by atoms with E-state index in [0.717, 1.165) is 39.7 Å². The zero-order chi connectivity index (χ0) is 18.9. The monoisotopic (exact) mass is 414 g/mol. The number of hydrogen-bond acceptors (Lipinski definition) is 2. The van der Waals surface area contributed by atoms with E-state index in [-0.39, 0.29) is 18.4 Å². The zero-order valence-corrected chi connectivity index (χ0v) is 16.9. The second-order valence-electron chi connectivity index (χ2n) is 7.05. The molecule has 1 aliphatic carbocycles. The van der Waals surface area contributed by atoms with Gasteiger partial charge in [0, 0.05) is 17.2 Å². The molecule has 2 aromatic carbocycles. The Bertz CT molecular complexity index is 842. The van der Waals surface area contributed by atoms with Crippen molar-refractivity contribution in [2.45, 2.75) is 32.1 Å². The minimum atomic E-state index is -0.463.